The van der Waals surface area contributed by atoms with Crippen LogP contribution in [0.2, 0.25) is 0 Å². The number of aryl methyl sites for hydroxylation is 1. The first-order valence-electron chi connectivity index (χ1n) is 6.39. The van der Waals surface area contributed by atoms with E-state index in [0.29, 0.717) is 18.3 Å². The molecule has 0 aliphatic rings. The molecule has 0 atom stereocenters. The second kappa shape index (κ2) is 5.20. The van der Waals surface area contributed by atoms with E-state index in [1.165, 1.54) is 5.39 Å². The van der Waals surface area contributed by atoms with Gasteiger partial charge in [0.05, 0.1) is 0 Å². The van der Waals surface area contributed by atoms with Gasteiger partial charge in [-0.1, -0.05) is 47.6 Å². The third-order valence-electron chi connectivity index (χ3n) is 3.09. The van der Waals surface area contributed by atoms with Crippen LogP contribution >= 0.6 is 0 Å². The fourth-order valence-corrected chi connectivity index (χ4v) is 2.14. The third kappa shape index (κ3) is 2.35. The lowest BCUT2D eigenvalue weighted by Gasteiger charge is -2.01. The van der Waals surface area contributed by atoms with E-state index in [1.807, 2.05) is 24.3 Å². The topological polar surface area (TPSA) is 64.9 Å². The van der Waals surface area contributed by atoms with E-state index in [4.69, 9.17) is 10.3 Å². The summed E-state index contributed by atoms with van der Waals surface area (Å²) < 4.78 is 5.25. The van der Waals surface area contributed by atoms with E-state index in [2.05, 4.69) is 28.3 Å². The number of rotatable bonds is 4. The van der Waals surface area contributed by atoms with Gasteiger partial charge in [0.15, 0.2) is 0 Å². The van der Waals surface area contributed by atoms with Gasteiger partial charge in [-0.25, -0.2) is 0 Å². The fraction of sp³-hybridized carbons (Fsp3) is 0.200. The highest BCUT2D eigenvalue weighted by atomic mass is 16.5. The molecular formula is C15H15N3O. The van der Waals surface area contributed by atoms with Crippen LogP contribution in [-0.4, -0.2) is 16.7 Å². The van der Waals surface area contributed by atoms with Crippen LogP contribution in [0.1, 0.15) is 12.3 Å². The SMILES string of the molecule is NCCCc1nc(-c2cccc3ccccc23)no1. The zero-order valence-electron chi connectivity index (χ0n) is 10.5. The molecule has 0 radical (unpaired) electrons. The van der Waals surface area contributed by atoms with Gasteiger partial charge in [-0.05, 0) is 23.7 Å². The Hall–Kier alpha value is -2.20. The summed E-state index contributed by atoms with van der Waals surface area (Å²) in [6.07, 6.45) is 1.59. The van der Waals surface area contributed by atoms with Gasteiger partial charge in [-0.15, -0.1) is 0 Å². The molecule has 19 heavy (non-hydrogen) atoms. The van der Waals surface area contributed by atoms with Gasteiger partial charge >= 0.3 is 0 Å². The molecule has 2 N–H and O–H groups in total. The van der Waals surface area contributed by atoms with Crippen LogP contribution in [0.15, 0.2) is 47.0 Å². The normalized spacial score (nSPS) is 11.0. The Bertz CT molecular complexity index is 685. The highest BCUT2D eigenvalue weighted by Crippen LogP contribution is 2.26. The van der Waals surface area contributed by atoms with Crippen molar-refractivity contribution in [3.05, 3.63) is 48.4 Å². The average Bonchev–Trinajstić information content (AvgIpc) is 2.93. The second-order valence-electron chi connectivity index (χ2n) is 4.43. The molecule has 0 spiro atoms. The van der Waals surface area contributed by atoms with E-state index in [9.17, 15) is 0 Å². The van der Waals surface area contributed by atoms with E-state index >= 15 is 0 Å². The first kappa shape index (κ1) is 11.9. The van der Waals surface area contributed by atoms with Crippen molar-refractivity contribution in [3.8, 4) is 11.4 Å². The summed E-state index contributed by atoms with van der Waals surface area (Å²) in [6.45, 7) is 0.631. The first-order valence-corrected chi connectivity index (χ1v) is 6.39. The number of nitrogens with two attached hydrogens (primary N) is 1. The van der Waals surface area contributed by atoms with E-state index in [0.717, 1.165) is 23.8 Å². The predicted molar refractivity (Wildman–Crippen MR) is 74.6 cm³/mol. The monoisotopic (exact) mass is 253 g/mol. The van der Waals surface area contributed by atoms with Crippen molar-refractivity contribution in [2.45, 2.75) is 12.8 Å². The van der Waals surface area contributed by atoms with Crippen LogP contribution in [0.25, 0.3) is 22.2 Å². The first-order chi connectivity index (χ1) is 9.38. The Kier molecular flexibility index (Phi) is 3.25. The molecule has 0 unspecified atom stereocenters. The number of hydrogen-bond donors (Lipinski definition) is 1. The van der Waals surface area contributed by atoms with Gasteiger partial charge < -0.3 is 10.3 Å². The lowest BCUT2D eigenvalue weighted by atomic mass is 10.0. The standard InChI is InChI=1S/C15H15N3O/c16-10-4-9-14-17-15(18-19-14)13-8-3-6-11-5-1-2-7-12(11)13/h1-3,5-8H,4,9-10,16H2. The summed E-state index contributed by atoms with van der Waals surface area (Å²) >= 11 is 0. The predicted octanol–water partition coefficient (Wildman–Crippen LogP) is 2.78. The van der Waals surface area contributed by atoms with Crippen molar-refractivity contribution in [2.75, 3.05) is 6.54 Å². The maximum absolute atomic E-state index is 5.48. The molecule has 0 aliphatic carbocycles. The van der Waals surface area contributed by atoms with E-state index in [-0.39, 0.29) is 0 Å². The maximum atomic E-state index is 5.48. The molecule has 0 bridgehead atoms. The van der Waals surface area contributed by atoms with Gasteiger partial charge in [0.25, 0.3) is 0 Å². The molecule has 0 saturated heterocycles. The van der Waals surface area contributed by atoms with Gasteiger partial charge in [0.1, 0.15) is 0 Å². The molecule has 0 amide bonds. The lowest BCUT2D eigenvalue weighted by molar-refractivity contribution is 0.376. The Labute approximate surface area is 111 Å². The number of nitrogens with zero attached hydrogens (tertiary/aromatic N) is 2. The molecule has 0 aliphatic heterocycles. The minimum Gasteiger partial charge on any atom is -0.339 e. The largest absolute Gasteiger partial charge is 0.339 e. The summed E-state index contributed by atoms with van der Waals surface area (Å²) in [5, 5.41) is 6.37. The van der Waals surface area contributed by atoms with Gasteiger partial charge in [-0.2, -0.15) is 4.98 Å². The summed E-state index contributed by atoms with van der Waals surface area (Å²) in [6, 6.07) is 14.3. The smallest absolute Gasteiger partial charge is 0.227 e. The molecule has 2 aromatic carbocycles. The molecule has 0 fully saturated rings. The van der Waals surface area contributed by atoms with Crippen LogP contribution in [-0.2, 0) is 6.42 Å². The molecule has 0 saturated carbocycles. The van der Waals surface area contributed by atoms with Crippen molar-refractivity contribution >= 4 is 10.8 Å². The Morgan fingerprint density at radius 1 is 1.05 bits per heavy atom. The van der Waals surface area contributed by atoms with Crippen LogP contribution in [0.4, 0.5) is 0 Å². The molecule has 1 aromatic heterocycles. The summed E-state index contributed by atoms with van der Waals surface area (Å²) in [5.41, 5.74) is 6.48. The van der Waals surface area contributed by atoms with Crippen molar-refractivity contribution in [1.29, 1.82) is 0 Å². The number of aromatic nitrogens is 2. The maximum Gasteiger partial charge on any atom is 0.227 e. The highest BCUT2D eigenvalue weighted by Gasteiger charge is 2.10. The number of benzene rings is 2. The van der Waals surface area contributed by atoms with Gasteiger partial charge in [-0.3, -0.25) is 0 Å². The summed E-state index contributed by atoms with van der Waals surface area (Å²) in [4.78, 5) is 4.43. The van der Waals surface area contributed by atoms with Crippen LogP contribution < -0.4 is 5.73 Å². The molecule has 3 rings (SSSR count). The van der Waals surface area contributed by atoms with Crippen molar-refractivity contribution < 1.29 is 4.52 Å². The van der Waals surface area contributed by atoms with Crippen LogP contribution in [0.3, 0.4) is 0 Å². The Morgan fingerprint density at radius 2 is 1.89 bits per heavy atom. The van der Waals surface area contributed by atoms with Gasteiger partial charge in [0.2, 0.25) is 11.7 Å². The number of fused-ring (bicyclic) bond motifs is 1. The molecular weight excluding hydrogens is 238 g/mol. The second-order valence-corrected chi connectivity index (χ2v) is 4.43. The molecule has 4 heteroatoms. The zero-order chi connectivity index (χ0) is 13.1. The lowest BCUT2D eigenvalue weighted by Crippen LogP contribution is -2.00. The van der Waals surface area contributed by atoms with Crippen molar-refractivity contribution in [3.63, 3.8) is 0 Å². The fourth-order valence-electron chi connectivity index (χ4n) is 2.14. The van der Waals surface area contributed by atoms with Crippen molar-refractivity contribution in [1.82, 2.24) is 10.1 Å². The summed E-state index contributed by atoms with van der Waals surface area (Å²) in [5.74, 6) is 1.29. The third-order valence-corrected chi connectivity index (χ3v) is 3.09. The molecule has 1 heterocycles. The highest BCUT2D eigenvalue weighted by molar-refractivity contribution is 5.94. The molecule has 96 valence electrons. The van der Waals surface area contributed by atoms with Crippen LogP contribution in [0, 0.1) is 0 Å². The average molecular weight is 253 g/mol. The van der Waals surface area contributed by atoms with Crippen LogP contribution in [0.5, 0.6) is 0 Å². The quantitative estimate of drug-likeness (QED) is 0.776. The summed E-state index contributed by atoms with van der Waals surface area (Å²) in [7, 11) is 0. The Balaban J connectivity index is 2.02. The van der Waals surface area contributed by atoms with E-state index in [1.54, 1.807) is 0 Å². The number of hydrogen-bond acceptors (Lipinski definition) is 4. The van der Waals surface area contributed by atoms with E-state index < -0.39 is 0 Å². The van der Waals surface area contributed by atoms with Gasteiger partial charge in [0, 0.05) is 12.0 Å². The van der Waals surface area contributed by atoms with Crippen molar-refractivity contribution in [2.24, 2.45) is 5.73 Å². The minimum absolute atomic E-state index is 0.631. The minimum atomic E-state index is 0.631. The molecule has 4 nitrogen and oxygen atoms in total. The zero-order valence-corrected chi connectivity index (χ0v) is 10.5. The molecule has 3 aromatic rings. The Morgan fingerprint density at radius 3 is 2.79 bits per heavy atom.